The van der Waals surface area contributed by atoms with Gasteiger partial charge in [-0.25, -0.2) is 0 Å². The van der Waals surface area contributed by atoms with Crippen LogP contribution in [0.4, 0.5) is 0 Å². The first kappa shape index (κ1) is 19.6. The van der Waals surface area contributed by atoms with Gasteiger partial charge in [-0.2, -0.15) is 0 Å². The molecule has 0 radical (unpaired) electrons. The Morgan fingerprint density at radius 1 is 1.00 bits per heavy atom. The number of aromatic nitrogens is 1. The molecule has 1 heterocycles. The quantitative estimate of drug-likeness (QED) is 0.596. The molecular weight excluding hydrogens is 348 g/mol. The van der Waals surface area contributed by atoms with Crippen molar-refractivity contribution in [1.29, 1.82) is 0 Å². The summed E-state index contributed by atoms with van der Waals surface area (Å²) in [6, 6.07) is 23.7. The topological polar surface area (TPSA) is 42.4 Å². The van der Waals surface area contributed by atoms with Gasteiger partial charge in [-0.1, -0.05) is 54.6 Å². The lowest BCUT2D eigenvalue weighted by atomic mass is 9.92. The lowest BCUT2D eigenvalue weighted by Crippen LogP contribution is -2.34. The van der Waals surface area contributed by atoms with Crippen LogP contribution in [0.25, 0.3) is 0 Å². The van der Waals surface area contributed by atoms with Crippen LogP contribution in [0.1, 0.15) is 22.7 Å². The van der Waals surface area contributed by atoms with Gasteiger partial charge >= 0.3 is 0 Å². The van der Waals surface area contributed by atoms with Crippen molar-refractivity contribution in [2.45, 2.75) is 18.8 Å². The van der Waals surface area contributed by atoms with E-state index in [9.17, 15) is 4.79 Å². The molecule has 0 saturated carbocycles. The van der Waals surface area contributed by atoms with E-state index in [1.54, 1.807) is 13.3 Å². The van der Waals surface area contributed by atoms with Gasteiger partial charge in [0.25, 0.3) is 0 Å². The standard InChI is InChI=1S/C24H26N2O2/c1-26(17-15-20-12-6-7-14-23(20)28-2)24(27)22(19-10-4-3-5-11-19)18-21-13-8-9-16-25-21/h3-14,16,22H,15,17-18H2,1-2H3. The number of benzene rings is 2. The van der Waals surface area contributed by atoms with E-state index in [2.05, 4.69) is 4.98 Å². The highest BCUT2D eigenvalue weighted by molar-refractivity contribution is 5.83. The summed E-state index contributed by atoms with van der Waals surface area (Å²) in [5, 5.41) is 0. The van der Waals surface area contributed by atoms with E-state index in [4.69, 9.17) is 4.74 Å². The molecule has 3 aromatic rings. The Morgan fingerprint density at radius 3 is 2.43 bits per heavy atom. The molecule has 1 aromatic heterocycles. The molecule has 2 aromatic carbocycles. The SMILES string of the molecule is COc1ccccc1CCN(C)C(=O)C(Cc1ccccn1)c1ccccc1. The Morgan fingerprint density at radius 2 is 1.71 bits per heavy atom. The highest BCUT2D eigenvalue weighted by Gasteiger charge is 2.24. The zero-order valence-corrected chi connectivity index (χ0v) is 16.4. The number of hydrogen-bond donors (Lipinski definition) is 0. The van der Waals surface area contributed by atoms with Gasteiger partial charge in [0, 0.05) is 31.9 Å². The van der Waals surface area contributed by atoms with Crippen LogP contribution < -0.4 is 4.74 Å². The van der Waals surface area contributed by atoms with E-state index in [1.807, 2.05) is 84.7 Å². The maximum atomic E-state index is 13.3. The van der Waals surface area contributed by atoms with E-state index in [0.717, 1.165) is 29.0 Å². The van der Waals surface area contributed by atoms with Crippen molar-refractivity contribution in [3.63, 3.8) is 0 Å². The zero-order valence-electron chi connectivity index (χ0n) is 16.4. The van der Waals surface area contributed by atoms with Crippen LogP contribution in [-0.4, -0.2) is 36.5 Å². The number of likely N-dealkylation sites (N-methyl/N-ethyl adjacent to an activating group) is 1. The number of methoxy groups -OCH3 is 1. The minimum absolute atomic E-state index is 0.103. The van der Waals surface area contributed by atoms with Gasteiger partial charge in [-0.05, 0) is 35.7 Å². The largest absolute Gasteiger partial charge is 0.496 e. The first-order valence-electron chi connectivity index (χ1n) is 9.50. The third-order valence-corrected chi connectivity index (χ3v) is 4.92. The number of nitrogens with zero attached hydrogens (tertiary/aromatic N) is 2. The van der Waals surface area contributed by atoms with Crippen LogP contribution in [0.2, 0.25) is 0 Å². The molecule has 4 nitrogen and oxygen atoms in total. The van der Waals surface area contributed by atoms with Gasteiger partial charge in [-0.3, -0.25) is 9.78 Å². The van der Waals surface area contributed by atoms with Gasteiger partial charge in [0.15, 0.2) is 0 Å². The molecule has 0 spiro atoms. The van der Waals surface area contributed by atoms with Crippen molar-refractivity contribution in [3.05, 3.63) is 95.8 Å². The molecule has 0 aliphatic rings. The van der Waals surface area contributed by atoms with Crippen molar-refractivity contribution in [2.24, 2.45) is 0 Å². The van der Waals surface area contributed by atoms with Crippen molar-refractivity contribution in [1.82, 2.24) is 9.88 Å². The number of hydrogen-bond acceptors (Lipinski definition) is 3. The number of amides is 1. The van der Waals surface area contributed by atoms with Crippen LogP contribution in [0.5, 0.6) is 5.75 Å². The average molecular weight is 374 g/mol. The molecule has 0 fully saturated rings. The summed E-state index contributed by atoms with van der Waals surface area (Å²) in [6.07, 6.45) is 3.10. The summed E-state index contributed by atoms with van der Waals surface area (Å²) in [7, 11) is 3.54. The monoisotopic (exact) mass is 374 g/mol. The molecule has 0 aliphatic heterocycles. The first-order valence-corrected chi connectivity index (χ1v) is 9.50. The molecule has 0 aliphatic carbocycles. The Labute approximate surface area is 166 Å². The normalized spacial score (nSPS) is 11.6. The fourth-order valence-corrected chi connectivity index (χ4v) is 3.33. The molecule has 0 bridgehead atoms. The Kier molecular flexibility index (Phi) is 6.79. The molecule has 1 unspecified atom stereocenters. The van der Waals surface area contributed by atoms with Crippen LogP contribution in [-0.2, 0) is 17.6 Å². The predicted molar refractivity (Wildman–Crippen MR) is 111 cm³/mol. The highest BCUT2D eigenvalue weighted by atomic mass is 16.5. The summed E-state index contributed by atoms with van der Waals surface area (Å²) < 4.78 is 5.42. The Balaban J connectivity index is 1.74. The van der Waals surface area contributed by atoms with Gasteiger partial charge in [0.1, 0.15) is 5.75 Å². The average Bonchev–Trinajstić information content (AvgIpc) is 2.76. The maximum absolute atomic E-state index is 13.3. The second kappa shape index (κ2) is 9.70. The third kappa shape index (κ3) is 4.97. The fraction of sp³-hybridized carbons (Fsp3) is 0.250. The van der Waals surface area contributed by atoms with E-state index < -0.39 is 0 Å². The van der Waals surface area contributed by atoms with E-state index in [0.29, 0.717) is 13.0 Å². The van der Waals surface area contributed by atoms with Crippen LogP contribution >= 0.6 is 0 Å². The van der Waals surface area contributed by atoms with E-state index >= 15 is 0 Å². The third-order valence-electron chi connectivity index (χ3n) is 4.92. The van der Waals surface area contributed by atoms with Gasteiger partial charge < -0.3 is 9.64 Å². The van der Waals surface area contributed by atoms with Crippen LogP contribution in [0, 0.1) is 0 Å². The molecule has 1 atom stereocenters. The lowest BCUT2D eigenvalue weighted by Gasteiger charge is -2.24. The van der Waals surface area contributed by atoms with Gasteiger partial charge in [-0.15, -0.1) is 0 Å². The van der Waals surface area contributed by atoms with Crippen LogP contribution in [0.3, 0.4) is 0 Å². The first-order chi connectivity index (χ1) is 13.7. The number of pyridine rings is 1. The summed E-state index contributed by atoms with van der Waals surface area (Å²) in [4.78, 5) is 19.5. The summed E-state index contributed by atoms with van der Waals surface area (Å²) in [6.45, 7) is 0.630. The molecular formula is C24H26N2O2. The number of ether oxygens (including phenoxy) is 1. The predicted octanol–water partition coefficient (Wildman–Crippen LogP) is 4.12. The Hall–Kier alpha value is -3.14. The Bertz CT molecular complexity index is 881. The minimum Gasteiger partial charge on any atom is -0.496 e. The van der Waals surface area contributed by atoms with Crippen molar-refractivity contribution < 1.29 is 9.53 Å². The molecule has 1 amide bonds. The summed E-state index contributed by atoms with van der Waals surface area (Å²) in [5.74, 6) is 0.710. The van der Waals surface area contributed by atoms with Crippen molar-refractivity contribution in [2.75, 3.05) is 20.7 Å². The van der Waals surface area contributed by atoms with Crippen molar-refractivity contribution >= 4 is 5.91 Å². The van der Waals surface area contributed by atoms with E-state index in [-0.39, 0.29) is 11.8 Å². The molecule has 0 saturated heterocycles. The second-order valence-corrected chi connectivity index (χ2v) is 6.81. The van der Waals surface area contributed by atoms with E-state index in [1.165, 1.54) is 0 Å². The molecule has 144 valence electrons. The molecule has 4 heteroatoms. The van der Waals surface area contributed by atoms with Gasteiger partial charge in [0.05, 0.1) is 13.0 Å². The highest BCUT2D eigenvalue weighted by Crippen LogP contribution is 2.23. The minimum atomic E-state index is -0.251. The number of rotatable bonds is 8. The summed E-state index contributed by atoms with van der Waals surface area (Å²) in [5.41, 5.74) is 3.04. The maximum Gasteiger partial charge on any atom is 0.230 e. The summed E-state index contributed by atoms with van der Waals surface area (Å²) >= 11 is 0. The van der Waals surface area contributed by atoms with Gasteiger partial charge in [0.2, 0.25) is 5.91 Å². The molecule has 28 heavy (non-hydrogen) atoms. The molecule has 0 N–H and O–H groups in total. The number of carbonyl (C=O) groups excluding carboxylic acids is 1. The zero-order chi connectivity index (χ0) is 19.8. The number of carbonyl (C=O) groups is 1. The second-order valence-electron chi connectivity index (χ2n) is 6.81. The number of para-hydroxylation sites is 1. The van der Waals surface area contributed by atoms with Crippen molar-refractivity contribution in [3.8, 4) is 5.75 Å². The molecule has 3 rings (SSSR count). The lowest BCUT2D eigenvalue weighted by molar-refractivity contribution is -0.131. The smallest absolute Gasteiger partial charge is 0.230 e. The van der Waals surface area contributed by atoms with Crippen LogP contribution in [0.15, 0.2) is 79.0 Å². The fourth-order valence-electron chi connectivity index (χ4n) is 3.33.